The number of hydrogen-bond acceptors (Lipinski definition) is 5. The smallest absolute Gasteiger partial charge is 0.326 e. The average molecular weight is 456 g/mol. The van der Waals surface area contributed by atoms with Gasteiger partial charge in [0.1, 0.15) is 6.54 Å². The summed E-state index contributed by atoms with van der Waals surface area (Å²) in [5.41, 5.74) is 0.636. The summed E-state index contributed by atoms with van der Waals surface area (Å²) in [6.07, 6.45) is 3.87. The highest BCUT2D eigenvalue weighted by molar-refractivity contribution is 7.89. The van der Waals surface area contributed by atoms with Crippen molar-refractivity contribution < 1.29 is 27.1 Å². The molecular formula is C21H30FN3O5S. The zero-order chi connectivity index (χ0) is 22.6. The molecule has 0 radical (unpaired) electrons. The molecule has 1 heterocycles. The number of carbonyl (C=O) groups excluding carboxylic acids is 2. The molecule has 1 N–H and O–H groups in total. The Morgan fingerprint density at radius 3 is 2.61 bits per heavy atom. The fraction of sp³-hybridized carbons (Fsp3) is 0.619. The van der Waals surface area contributed by atoms with E-state index in [1.165, 1.54) is 18.0 Å². The number of sulfonamides is 1. The van der Waals surface area contributed by atoms with Crippen molar-refractivity contribution in [3.63, 3.8) is 0 Å². The van der Waals surface area contributed by atoms with Crippen LogP contribution in [-0.2, 0) is 14.8 Å². The first-order valence-corrected chi connectivity index (χ1v) is 12.3. The van der Waals surface area contributed by atoms with Crippen LogP contribution in [0, 0.1) is 11.7 Å². The second-order valence-corrected chi connectivity index (χ2v) is 10.2. The highest BCUT2D eigenvalue weighted by Gasteiger charge is 2.32. The number of halogens is 1. The summed E-state index contributed by atoms with van der Waals surface area (Å²) >= 11 is 0. The Morgan fingerprint density at radius 2 is 1.97 bits per heavy atom. The number of imide groups is 1. The number of rotatable bonds is 12. The normalized spacial score (nSPS) is 18.0. The Morgan fingerprint density at radius 1 is 1.23 bits per heavy atom. The van der Waals surface area contributed by atoms with Gasteiger partial charge >= 0.3 is 6.03 Å². The quantitative estimate of drug-likeness (QED) is 0.386. The molecule has 31 heavy (non-hydrogen) atoms. The molecule has 0 aromatic heterocycles. The van der Waals surface area contributed by atoms with Crippen molar-refractivity contribution in [2.24, 2.45) is 5.92 Å². The number of likely N-dealkylation sites (N-methyl/N-ethyl adjacent to an activating group) is 1. The molecule has 3 amide bonds. The van der Waals surface area contributed by atoms with Crippen molar-refractivity contribution in [2.45, 2.75) is 45.1 Å². The van der Waals surface area contributed by atoms with Crippen molar-refractivity contribution in [2.75, 3.05) is 32.5 Å². The summed E-state index contributed by atoms with van der Waals surface area (Å²) in [5, 5.41) is 0. The van der Waals surface area contributed by atoms with Crippen LogP contribution in [0.5, 0.6) is 5.75 Å². The van der Waals surface area contributed by atoms with E-state index in [1.807, 2.05) is 0 Å². The van der Waals surface area contributed by atoms with Crippen LogP contribution in [0.25, 0.3) is 0 Å². The van der Waals surface area contributed by atoms with Crippen LogP contribution in [0.1, 0.15) is 50.6 Å². The molecule has 0 bridgehead atoms. The van der Waals surface area contributed by atoms with E-state index in [0.717, 1.165) is 17.7 Å². The number of nitrogens with zero attached hydrogens (tertiary/aromatic N) is 2. The SMILES string of the molecule is C[C@@H](NS(=O)(=O)CCCCCN1CC(=O)N(C)C1=O)c1ccc(F)c(OCC2CC2)c1. The molecular weight excluding hydrogens is 425 g/mol. The Bertz CT molecular complexity index is 920. The summed E-state index contributed by atoms with van der Waals surface area (Å²) < 4.78 is 46.9. The molecule has 1 aromatic carbocycles. The third-order valence-corrected chi connectivity index (χ3v) is 7.12. The van der Waals surface area contributed by atoms with E-state index in [9.17, 15) is 22.4 Å². The summed E-state index contributed by atoms with van der Waals surface area (Å²) in [6, 6.07) is 3.57. The van der Waals surface area contributed by atoms with Crippen LogP contribution < -0.4 is 9.46 Å². The van der Waals surface area contributed by atoms with Crippen molar-refractivity contribution in [3.05, 3.63) is 29.6 Å². The van der Waals surface area contributed by atoms with Gasteiger partial charge in [0.2, 0.25) is 15.9 Å². The van der Waals surface area contributed by atoms with Gasteiger partial charge in [0.15, 0.2) is 11.6 Å². The number of urea groups is 1. The fourth-order valence-corrected chi connectivity index (χ4v) is 4.77. The monoisotopic (exact) mass is 455 g/mol. The van der Waals surface area contributed by atoms with Crippen molar-refractivity contribution in [1.29, 1.82) is 0 Å². The number of benzene rings is 1. The Hall–Kier alpha value is -2.20. The molecule has 0 spiro atoms. The maximum Gasteiger partial charge on any atom is 0.326 e. The second kappa shape index (κ2) is 9.95. The molecule has 1 saturated heterocycles. The third kappa shape index (κ3) is 6.64. The fourth-order valence-electron chi connectivity index (χ4n) is 3.39. The minimum absolute atomic E-state index is 0.0453. The van der Waals surface area contributed by atoms with Crippen LogP contribution in [-0.4, -0.2) is 62.7 Å². The minimum atomic E-state index is -3.52. The predicted octanol–water partition coefficient (Wildman–Crippen LogP) is 2.66. The first kappa shape index (κ1) is 23.5. The molecule has 8 nitrogen and oxygen atoms in total. The predicted molar refractivity (Wildman–Crippen MR) is 114 cm³/mol. The molecule has 1 aliphatic heterocycles. The second-order valence-electron chi connectivity index (χ2n) is 8.32. The van der Waals surface area contributed by atoms with Gasteiger partial charge in [-0.25, -0.2) is 22.3 Å². The van der Waals surface area contributed by atoms with Gasteiger partial charge in [-0.3, -0.25) is 9.69 Å². The van der Waals surface area contributed by atoms with Crippen LogP contribution in [0.2, 0.25) is 0 Å². The summed E-state index contributed by atoms with van der Waals surface area (Å²) in [5.74, 6) is -0.0902. The van der Waals surface area contributed by atoms with Gasteiger partial charge in [-0.15, -0.1) is 0 Å². The molecule has 1 atom stereocenters. The maximum absolute atomic E-state index is 14.0. The summed E-state index contributed by atoms with van der Waals surface area (Å²) in [4.78, 5) is 25.9. The number of amides is 3. The molecule has 1 aromatic rings. The van der Waals surface area contributed by atoms with Crippen LogP contribution in [0.4, 0.5) is 9.18 Å². The molecule has 10 heteroatoms. The maximum atomic E-state index is 14.0. The van der Waals surface area contributed by atoms with Crippen molar-refractivity contribution in [3.8, 4) is 5.75 Å². The first-order valence-electron chi connectivity index (χ1n) is 10.6. The van der Waals surface area contributed by atoms with Crippen molar-refractivity contribution in [1.82, 2.24) is 14.5 Å². The zero-order valence-corrected chi connectivity index (χ0v) is 18.8. The lowest BCUT2D eigenvalue weighted by Gasteiger charge is -2.17. The number of nitrogens with one attached hydrogen (secondary N) is 1. The Kier molecular flexibility index (Phi) is 7.53. The average Bonchev–Trinajstić information content (AvgIpc) is 3.51. The first-order chi connectivity index (χ1) is 14.7. The molecule has 1 aliphatic carbocycles. The lowest BCUT2D eigenvalue weighted by molar-refractivity contribution is -0.124. The summed E-state index contributed by atoms with van der Waals surface area (Å²) in [7, 11) is -2.07. The highest BCUT2D eigenvalue weighted by atomic mass is 32.2. The topological polar surface area (TPSA) is 96.0 Å². The summed E-state index contributed by atoms with van der Waals surface area (Å²) in [6.45, 7) is 2.70. The Balaban J connectivity index is 1.42. The van der Waals surface area contributed by atoms with E-state index in [1.54, 1.807) is 19.1 Å². The zero-order valence-electron chi connectivity index (χ0n) is 18.0. The molecule has 0 unspecified atom stereocenters. The van der Waals surface area contributed by atoms with Gasteiger partial charge in [0, 0.05) is 19.6 Å². The number of carbonyl (C=O) groups is 2. The third-order valence-electron chi connectivity index (χ3n) is 5.58. The van der Waals surface area contributed by atoms with Crippen LogP contribution in [0.3, 0.4) is 0 Å². The molecule has 1 saturated carbocycles. The minimum Gasteiger partial charge on any atom is -0.490 e. The van der Waals surface area contributed by atoms with Gasteiger partial charge in [0.25, 0.3) is 0 Å². The van der Waals surface area contributed by atoms with Crippen LogP contribution >= 0.6 is 0 Å². The van der Waals surface area contributed by atoms with E-state index < -0.39 is 21.9 Å². The van der Waals surface area contributed by atoms with Crippen LogP contribution in [0.15, 0.2) is 18.2 Å². The molecule has 3 rings (SSSR count). The van der Waals surface area contributed by atoms with E-state index >= 15 is 0 Å². The van der Waals surface area contributed by atoms with Gasteiger partial charge in [0.05, 0.1) is 12.4 Å². The van der Waals surface area contributed by atoms with Gasteiger partial charge in [-0.2, -0.15) is 0 Å². The molecule has 172 valence electrons. The lowest BCUT2D eigenvalue weighted by Crippen LogP contribution is -2.31. The van der Waals surface area contributed by atoms with Crippen molar-refractivity contribution >= 4 is 22.0 Å². The lowest BCUT2D eigenvalue weighted by atomic mass is 10.1. The largest absolute Gasteiger partial charge is 0.490 e. The number of hydrogen-bond donors (Lipinski definition) is 1. The van der Waals surface area contributed by atoms with E-state index in [4.69, 9.17) is 4.74 Å². The number of ether oxygens (including phenoxy) is 1. The van der Waals surface area contributed by atoms with E-state index in [2.05, 4.69) is 4.72 Å². The van der Waals surface area contributed by atoms with Gasteiger partial charge < -0.3 is 9.64 Å². The number of unbranched alkanes of at least 4 members (excludes halogenated alkanes) is 2. The van der Waals surface area contributed by atoms with E-state index in [-0.39, 0.29) is 30.0 Å². The van der Waals surface area contributed by atoms with Gasteiger partial charge in [-0.05, 0) is 56.2 Å². The molecule has 2 aliphatic rings. The Labute approximate surface area is 182 Å². The van der Waals surface area contributed by atoms with Gasteiger partial charge in [-0.1, -0.05) is 12.5 Å². The highest BCUT2D eigenvalue weighted by Crippen LogP contribution is 2.31. The van der Waals surface area contributed by atoms with E-state index in [0.29, 0.717) is 43.9 Å². The molecule has 2 fully saturated rings. The standard InChI is InChI=1S/C21H30FN3O5S/c1-15(17-8-9-18(22)19(12-17)30-14-16-6-7-16)23-31(28,29)11-5-3-4-10-25-13-20(26)24(2)21(25)27/h8-9,12,15-16,23H,3-7,10-11,13-14H2,1-2H3/t15-/m1/s1.